The molecule has 0 radical (unpaired) electrons. The summed E-state index contributed by atoms with van der Waals surface area (Å²) < 4.78 is 35.2. The molecule has 152 valence electrons. The Hall–Kier alpha value is -3.22. The number of aliphatic hydroxyl groups is 2. The van der Waals surface area contributed by atoms with Gasteiger partial charge >= 0.3 is 5.69 Å². The Morgan fingerprint density at radius 1 is 1.24 bits per heavy atom. The number of ether oxygens (including phenoxy) is 1. The maximum atomic E-state index is 14.0. The topological polar surface area (TPSA) is 135 Å². The average Bonchev–Trinajstić information content (AvgIpc) is 3.28. The number of benzene rings is 1. The molecule has 1 fully saturated rings. The number of H-pyrrole nitrogens is 1. The van der Waals surface area contributed by atoms with Crippen molar-refractivity contribution in [3.63, 3.8) is 0 Å². The van der Waals surface area contributed by atoms with Crippen LogP contribution in [0.2, 0.25) is 0 Å². The number of hydrogen-bond donors (Lipinski definition) is 3. The molecule has 0 spiro atoms. The van der Waals surface area contributed by atoms with Gasteiger partial charge in [0.1, 0.15) is 23.7 Å². The van der Waals surface area contributed by atoms with Crippen molar-refractivity contribution in [2.75, 3.05) is 6.61 Å². The van der Waals surface area contributed by atoms with Crippen molar-refractivity contribution in [3.05, 3.63) is 63.1 Å². The van der Waals surface area contributed by atoms with E-state index in [0.29, 0.717) is 0 Å². The molecular formula is C17H15F2N5O5. The SMILES string of the molecule is O=c1[nH]c(=O)n([C@H]2C[C@H](O)[C@@H](CO)O2)cc1-c1cn(-c2c(F)cccc2F)nn1. The normalized spacial score (nSPS) is 21.6. The van der Waals surface area contributed by atoms with Crippen molar-refractivity contribution < 1.29 is 23.7 Å². The Labute approximate surface area is 160 Å². The molecule has 0 bridgehead atoms. The molecule has 10 nitrogen and oxygen atoms in total. The molecule has 3 heterocycles. The summed E-state index contributed by atoms with van der Waals surface area (Å²) in [6.45, 7) is -0.439. The Morgan fingerprint density at radius 3 is 2.62 bits per heavy atom. The maximum absolute atomic E-state index is 14.0. The maximum Gasteiger partial charge on any atom is 0.330 e. The molecule has 3 atom stereocenters. The van der Waals surface area contributed by atoms with Gasteiger partial charge in [0.25, 0.3) is 5.56 Å². The molecule has 3 N–H and O–H groups in total. The molecule has 12 heteroatoms. The predicted octanol–water partition coefficient (Wildman–Crippen LogP) is -0.297. The van der Waals surface area contributed by atoms with Gasteiger partial charge in [-0.05, 0) is 12.1 Å². The molecule has 29 heavy (non-hydrogen) atoms. The number of rotatable bonds is 4. The first kappa shape index (κ1) is 19.1. The summed E-state index contributed by atoms with van der Waals surface area (Å²) in [5.41, 5.74) is -2.19. The first-order chi connectivity index (χ1) is 13.9. The Morgan fingerprint density at radius 2 is 1.97 bits per heavy atom. The Kier molecular flexibility index (Phi) is 4.82. The highest BCUT2D eigenvalue weighted by atomic mass is 19.1. The second-order valence-corrected chi connectivity index (χ2v) is 6.44. The van der Waals surface area contributed by atoms with E-state index in [4.69, 9.17) is 4.74 Å². The van der Waals surface area contributed by atoms with E-state index in [2.05, 4.69) is 15.3 Å². The van der Waals surface area contributed by atoms with Crippen LogP contribution in [0.3, 0.4) is 0 Å². The second kappa shape index (κ2) is 7.31. The van der Waals surface area contributed by atoms with Gasteiger partial charge in [-0.15, -0.1) is 5.10 Å². The zero-order valence-corrected chi connectivity index (χ0v) is 14.7. The fourth-order valence-electron chi connectivity index (χ4n) is 3.14. The van der Waals surface area contributed by atoms with Crippen molar-refractivity contribution in [1.82, 2.24) is 24.5 Å². The van der Waals surface area contributed by atoms with Crippen molar-refractivity contribution in [3.8, 4) is 16.9 Å². The number of nitrogens with one attached hydrogen (secondary N) is 1. The van der Waals surface area contributed by atoms with Crippen LogP contribution in [0.4, 0.5) is 8.78 Å². The van der Waals surface area contributed by atoms with Gasteiger partial charge in [0.05, 0.1) is 24.5 Å². The van der Waals surface area contributed by atoms with Crippen molar-refractivity contribution in [2.45, 2.75) is 24.9 Å². The van der Waals surface area contributed by atoms with Crippen LogP contribution in [-0.4, -0.2) is 53.6 Å². The molecule has 4 rings (SSSR count). The van der Waals surface area contributed by atoms with E-state index >= 15 is 0 Å². The van der Waals surface area contributed by atoms with E-state index < -0.39 is 53.6 Å². The number of aromatic nitrogens is 5. The molecule has 1 saturated heterocycles. The van der Waals surface area contributed by atoms with Gasteiger partial charge in [-0.1, -0.05) is 11.3 Å². The molecule has 0 saturated carbocycles. The quantitative estimate of drug-likeness (QED) is 0.541. The van der Waals surface area contributed by atoms with Gasteiger partial charge in [0.2, 0.25) is 0 Å². The van der Waals surface area contributed by atoms with Gasteiger partial charge in [0, 0.05) is 12.6 Å². The molecule has 1 aliphatic rings. The van der Waals surface area contributed by atoms with E-state index in [1.807, 2.05) is 0 Å². The minimum Gasteiger partial charge on any atom is -0.394 e. The standard InChI is InChI=1S/C17H15F2N5O5/c18-9-2-1-3-10(19)15(9)24-6-11(21-22-24)8-5-23(17(28)20-16(8)27)14-4-12(26)13(7-25)29-14/h1-3,5-6,12-14,25-26H,4,7H2,(H,20,27,28)/t12-,13+,14+/m0/s1. The average molecular weight is 407 g/mol. The number of aliphatic hydroxyl groups excluding tert-OH is 2. The van der Waals surface area contributed by atoms with Crippen LogP contribution < -0.4 is 11.2 Å². The van der Waals surface area contributed by atoms with E-state index in [1.54, 1.807) is 0 Å². The fraction of sp³-hybridized carbons (Fsp3) is 0.294. The monoisotopic (exact) mass is 407 g/mol. The van der Waals surface area contributed by atoms with E-state index in [0.717, 1.165) is 33.8 Å². The summed E-state index contributed by atoms with van der Waals surface area (Å²) in [6.07, 6.45) is -0.468. The summed E-state index contributed by atoms with van der Waals surface area (Å²) in [5, 5.41) is 26.5. The highest BCUT2D eigenvalue weighted by Crippen LogP contribution is 2.28. The van der Waals surface area contributed by atoms with Crippen LogP contribution in [0.5, 0.6) is 0 Å². The zero-order chi connectivity index (χ0) is 20.7. The van der Waals surface area contributed by atoms with Crippen LogP contribution in [0.1, 0.15) is 12.6 Å². The molecule has 3 aromatic rings. The minimum absolute atomic E-state index is 0.0176. The highest BCUT2D eigenvalue weighted by Gasteiger charge is 2.35. The molecule has 0 aliphatic carbocycles. The second-order valence-electron chi connectivity index (χ2n) is 6.44. The van der Waals surface area contributed by atoms with Gasteiger partial charge in [0.15, 0.2) is 11.6 Å². The molecule has 0 amide bonds. The molecule has 2 aromatic heterocycles. The lowest BCUT2D eigenvalue weighted by molar-refractivity contribution is -0.0458. The third kappa shape index (κ3) is 3.37. The molecule has 1 aromatic carbocycles. The fourth-order valence-corrected chi connectivity index (χ4v) is 3.14. The zero-order valence-electron chi connectivity index (χ0n) is 14.7. The van der Waals surface area contributed by atoms with Crippen LogP contribution in [-0.2, 0) is 4.74 Å². The van der Waals surface area contributed by atoms with Crippen molar-refractivity contribution in [2.24, 2.45) is 0 Å². The number of aromatic amines is 1. The molecule has 0 unspecified atom stereocenters. The van der Waals surface area contributed by atoms with Crippen molar-refractivity contribution >= 4 is 0 Å². The largest absolute Gasteiger partial charge is 0.394 e. The summed E-state index contributed by atoms with van der Waals surface area (Å²) in [5.74, 6) is -1.74. The smallest absolute Gasteiger partial charge is 0.330 e. The van der Waals surface area contributed by atoms with Crippen LogP contribution in [0, 0.1) is 11.6 Å². The summed E-state index contributed by atoms with van der Waals surface area (Å²) in [6, 6.07) is 3.29. The number of para-hydroxylation sites is 1. The summed E-state index contributed by atoms with van der Waals surface area (Å²) in [7, 11) is 0. The number of hydrogen-bond acceptors (Lipinski definition) is 7. The summed E-state index contributed by atoms with van der Waals surface area (Å²) in [4.78, 5) is 26.5. The van der Waals surface area contributed by atoms with Gasteiger partial charge in [-0.25, -0.2) is 18.3 Å². The van der Waals surface area contributed by atoms with Crippen LogP contribution in [0.25, 0.3) is 16.9 Å². The molecular weight excluding hydrogens is 392 g/mol. The first-order valence-electron chi connectivity index (χ1n) is 8.56. The van der Waals surface area contributed by atoms with Gasteiger partial charge in [-0.3, -0.25) is 14.3 Å². The van der Waals surface area contributed by atoms with Crippen LogP contribution in [0.15, 0.2) is 40.2 Å². The number of halogens is 2. The highest BCUT2D eigenvalue weighted by molar-refractivity contribution is 5.55. The lowest BCUT2D eigenvalue weighted by Crippen LogP contribution is -2.33. The van der Waals surface area contributed by atoms with E-state index in [9.17, 15) is 28.6 Å². The lowest BCUT2D eigenvalue weighted by Gasteiger charge is -2.14. The van der Waals surface area contributed by atoms with Gasteiger partial charge < -0.3 is 14.9 Å². The van der Waals surface area contributed by atoms with Crippen molar-refractivity contribution in [1.29, 1.82) is 0 Å². The third-order valence-corrected chi connectivity index (χ3v) is 4.60. The van der Waals surface area contributed by atoms with E-state index in [-0.39, 0.29) is 17.7 Å². The molecule has 1 aliphatic heterocycles. The van der Waals surface area contributed by atoms with Gasteiger partial charge in [-0.2, -0.15) is 0 Å². The number of nitrogens with zero attached hydrogens (tertiary/aromatic N) is 4. The Bertz CT molecular complexity index is 1150. The first-order valence-corrected chi connectivity index (χ1v) is 8.56. The minimum atomic E-state index is -0.989. The summed E-state index contributed by atoms with van der Waals surface area (Å²) >= 11 is 0. The third-order valence-electron chi connectivity index (χ3n) is 4.60. The lowest BCUT2D eigenvalue weighted by atomic mass is 10.2. The van der Waals surface area contributed by atoms with E-state index in [1.165, 1.54) is 6.07 Å². The Balaban J connectivity index is 1.75. The van der Waals surface area contributed by atoms with Crippen LogP contribution >= 0.6 is 0 Å². The predicted molar refractivity (Wildman–Crippen MR) is 93.2 cm³/mol.